The Hall–Kier alpha value is -2.93. The molecule has 0 saturated carbocycles. The quantitative estimate of drug-likeness (QED) is 0.837. The van der Waals surface area contributed by atoms with Gasteiger partial charge in [0.25, 0.3) is 5.91 Å². The molecule has 1 N–H and O–H groups in total. The maximum Gasteiger partial charge on any atom is 0.262 e. The van der Waals surface area contributed by atoms with Crippen LogP contribution in [0, 0.1) is 6.92 Å². The van der Waals surface area contributed by atoms with Crippen molar-refractivity contribution in [1.29, 1.82) is 0 Å². The molecule has 1 fully saturated rings. The Balaban J connectivity index is 1.19. The first-order valence-electron chi connectivity index (χ1n) is 10.6. The standard InChI is InChI=1S/C23H27N3O4/c1-16-12-19(23-21(13-16)28-10-11-29-23)26-8-6-25(7-9-26)5-4-17-2-3-20-18(14-17)24-22(27)15-30-20/h2-3,12-14H,4-11,15H2,1H3,(H,24,27). The Kier molecular flexibility index (Phi) is 5.12. The van der Waals surface area contributed by atoms with Gasteiger partial charge in [-0.1, -0.05) is 6.07 Å². The fourth-order valence-electron chi connectivity index (χ4n) is 4.29. The van der Waals surface area contributed by atoms with Crippen LogP contribution in [0.2, 0.25) is 0 Å². The monoisotopic (exact) mass is 409 g/mol. The van der Waals surface area contributed by atoms with Crippen molar-refractivity contribution < 1.29 is 19.0 Å². The molecule has 7 nitrogen and oxygen atoms in total. The molecule has 2 aromatic carbocycles. The normalized spacial score (nSPS) is 18.4. The van der Waals surface area contributed by atoms with Gasteiger partial charge in [0.15, 0.2) is 18.1 Å². The van der Waals surface area contributed by atoms with Gasteiger partial charge in [-0.3, -0.25) is 9.69 Å². The SMILES string of the molecule is Cc1cc2c(c(N3CCN(CCc4ccc5c(c4)NC(=O)CO5)CC3)c1)OCCO2. The summed E-state index contributed by atoms with van der Waals surface area (Å²) in [6, 6.07) is 10.3. The molecule has 3 heterocycles. The summed E-state index contributed by atoms with van der Waals surface area (Å²) in [5, 5.41) is 2.89. The van der Waals surface area contributed by atoms with E-state index >= 15 is 0 Å². The molecular formula is C23H27N3O4. The summed E-state index contributed by atoms with van der Waals surface area (Å²) in [5.41, 5.74) is 4.33. The number of nitrogens with one attached hydrogen (secondary N) is 1. The number of anilines is 2. The van der Waals surface area contributed by atoms with Gasteiger partial charge in [0.1, 0.15) is 19.0 Å². The number of ether oxygens (including phenoxy) is 3. The highest BCUT2D eigenvalue weighted by atomic mass is 16.6. The van der Waals surface area contributed by atoms with Crippen LogP contribution >= 0.6 is 0 Å². The predicted octanol–water partition coefficient (Wildman–Crippen LogP) is 2.46. The van der Waals surface area contributed by atoms with Crippen molar-refractivity contribution >= 4 is 17.3 Å². The second-order valence-corrected chi connectivity index (χ2v) is 8.05. The third-order valence-corrected chi connectivity index (χ3v) is 5.87. The Morgan fingerprint density at radius 2 is 1.80 bits per heavy atom. The van der Waals surface area contributed by atoms with Gasteiger partial charge in [-0.05, 0) is 48.7 Å². The minimum Gasteiger partial charge on any atom is -0.486 e. The average molecular weight is 409 g/mol. The highest BCUT2D eigenvalue weighted by molar-refractivity contribution is 5.95. The van der Waals surface area contributed by atoms with Crippen LogP contribution in [-0.4, -0.2) is 63.4 Å². The van der Waals surface area contributed by atoms with Crippen molar-refractivity contribution in [1.82, 2.24) is 4.90 Å². The summed E-state index contributed by atoms with van der Waals surface area (Å²) in [4.78, 5) is 16.4. The molecule has 0 atom stereocenters. The fraction of sp³-hybridized carbons (Fsp3) is 0.435. The van der Waals surface area contributed by atoms with Crippen LogP contribution in [0.15, 0.2) is 30.3 Å². The fourth-order valence-corrected chi connectivity index (χ4v) is 4.29. The number of rotatable bonds is 4. The first-order chi connectivity index (χ1) is 14.7. The Bertz CT molecular complexity index is 954. The van der Waals surface area contributed by atoms with Crippen molar-refractivity contribution in [3.05, 3.63) is 41.5 Å². The molecule has 2 aromatic rings. The predicted molar refractivity (Wildman–Crippen MR) is 115 cm³/mol. The molecule has 0 unspecified atom stereocenters. The smallest absolute Gasteiger partial charge is 0.262 e. The summed E-state index contributed by atoms with van der Waals surface area (Å²) < 4.78 is 17.2. The van der Waals surface area contributed by atoms with E-state index in [2.05, 4.69) is 40.2 Å². The van der Waals surface area contributed by atoms with E-state index in [1.807, 2.05) is 12.1 Å². The lowest BCUT2D eigenvalue weighted by molar-refractivity contribution is -0.118. The van der Waals surface area contributed by atoms with E-state index in [9.17, 15) is 4.79 Å². The first kappa shape index (κ1) is 19.1. The zero-order valence-electron chi connectivity index (χ0n) is 17.3. The number of fused-ring (bicyclic) bond motifs is 2. The van der Waals surface area contributed by atoms with Gasteiger partial charge in [-0.25, -0.2) is 0 Å². The number of hydrogen-bond acceptors (Lipinski definition) is 6. The van der Waals surface area contributed by atoms with Crippen molar-refractivity contribution in [3.63, 3.8) is 0 Å². The molecule has 0 bridgehead atoms. The van der Waals surface area contributed by atoms with Gasteiger partial charge in [0.2, 0.25) is 0 Å². The van der Waals surface area contributed by atoms with Gasteiger partial charge in [0, 0.05) is 32.7 Å². The van der Waals surface area contributed by atoms with Gasteiger partial charge < -0.3 is 24.4 Å². The lowest BCUT2D eigenvalue weighted by Crippen LogP contribution is -2.47. The molecule has 1 saturated heterocycles. The summed E-state index contributed by atoms with van der Waals surface area (Å²) in [5.74, 6) is 2.41. The number of aryl methyl sites for hydroxylation is 1. The highest BCUT2D eigenvalue weighted by Gasteiger charge is 2.24. The largest absolute Gasteiger partial charge is 0.486 e. The zero-order chi connectivity index (χ0) is 20.5. The van der Waals surface area contributed by atoms with E-state index in [-0.39, 0.29) is 12.5 Å². The molecule has 1 amide bonds. The third kappa shape index (κ3) is 3.89. The van der Waals surface area contributed by atoms with E-state index < -0.39 is 0 Å². The Labute approximate surface area is 176 Å². The van der Waals surface area contributed by atoms with Crippen LogP contribution < -0.4 is 24.4 Å². The summed E-state index contributed by atoms with van der Waals surface area (Å²) in [6.45, 7) is 8.36. The molecule has 0 spiro atoms. The lowest BCUT2D eigenvalue weighted by Gasteiger charge is -2.37. The minimum absolute atomic E-state index is 0.0940. The third-order valence-electron chi connectivity index (χ3n) is 5.87. The summed E-state index contributed by atoms with van der Waals surface area (Å²) in [7, 11) is 0. The van der Waals surface area contributed by atoms with Crippen molar-refractivity contribution in [3.8, 4) is 17.2 Å². The topological polar surface area (TPSA) is 63.3 Å². The second-order valence-electron chi connectivity index (χ2n) is 8.05. The number of carbonyl (C=O) groups is 1. The van der Waals surface area contributed by atoms with Crippen LogP contribution in [0.4, 0.5) is 11.4 Å². The molecule has 0 aliphatic carbocycles. The van der Waals surface area contributed by atoms with E-state index in [1.165, 1.54) is 11.1 Å². The molecule has 3 aliphatic heterocycles. The van der Waals surface area contributed by atoms with Gasteiger partial charge in [-0.15, -0.1) is 0 Å². The number of carbonyl (C=O) groups excluding carboxylic acids is 1. The molecule has 7 heteroatoms. The number of hydrogen-bond donors (Lipinski definition) is 1. The molecular weight excluding hydrogens is 382 g/mol. The maximum atomic E-state index is 11.5. The van der Waals surface area contributed by atoms with E-state index in [0.717, 1.165) is 67.8 Å². The van der Waals surface area contributed by atoms with Crippen LogP contribution in [-0.2, 0) is 11.2 Å². The number of benzene rings is 2. The van der Waals surface area contributed by atoms with Crippen molar-refractivity contribution in [2.45, 2.75) is 13.3 Å². The summed E-state index contributed by atoms with van der Waals surface area (Å²) >= 11 is 0. The molecule has 0 aromatic heterocycles. The first-order valence-corrected chi connectivity index (χ1v) is 10.6. The second kappa shape index (κ2) is 8.07. The molecule has 0 radical (unpaired) electrons. The van der Waals surface area contributed by atoms with Crippen molar-refractivity contribution in [2.24, 2.45) is 0 Å². The minimum atomic E-state index is -0.0940. The number of amides is 1. The van der Waals surface area contributed by atoms with E-state index in [1.54, 1.807) is 0 Å². The van der Waals surface area contributed by atoms with Crippen LogP contribution in [0.5, 0.6) is 17.2 Å². The average Bonchev–Trinajstić information content (AvgIpc) is 2.77. The van der Waals surface area contributed by atoms with Gasteiger partial charge in [-0.2, -0.15) is 0 Å². The number of piperazine rings is 1. The van der Waals surface area contributed by atoms with Gasteiger partial charge >= 0.3 is 0 Å². The van der Waals surface area contributed by atoms with E-state index in [4.69, 9.17) is 14.2 Å². The molecule has 158 valence electrons. The zero-order valence-corrected chi connectivity index (χ0v) is 17.3. The maximum absolute atomic E-state index is 11.5. The van der Waals surface area contributed by atoms with E-state index in [0.29, 0.717) is 13.2 Å². The molecule has 30 heavy (non-hydrogen) atoms. The number of nitrogens with zero attached hydrogens (tertiary/aromatic N) is 2. The Morgan fingerprint density at radius 1 is 0.967 bits per heavy atom. The lowest BCUT2D eigenvalue weighted by atomic mass is 10.1. The van der Waals surface area contributed by atoms with Crippen LogP contribution in [0.25, 0.3) is 0 Å². The molecule has 5 rings (SSSR count). The van der Waals surface area contributed by atoms with Crippen LogP contribution in [0.1, 0.15) is 11.1 Å². The van der Waals surface area contributed by atoms with Gasteiger partial charge in [0.05, 0.1) is 11.4 Å². The van der Waals surface area contributed by atoms with Crippen molar-refractivity contribution in [2.75, 3.05) is 62.8 Å². The molecule has 3 aliphatic rings. The van der Waals surface area contributed by atoms with Crippen LogP contribution in [0.3, 0.4) is 0 Å². The summed E-state index contributed by atoms with van der Waals surface area (Å²) in [6.07, 6.45) is 0.944. The highest BCUT2D eigenvalue weighted by Crippen LogP contribution is 2.41. The Morgan fingerprint density at radius 3 is 2.67 bits per heavy atom.